The minimum Gasteiger partial charge on any atom is -0.485 e. The molecule has 2 rings (SSSR count). The van der Waals surface area contributed by atoms with Gasteiger partial charge in [0.05, 0.1) is 5.02 Å². The Hall–Kier alpha value is -1.10. The Balaban J connectivity index is 2.13. The zero-order chi connectivity index (χ0) is 12.1. The standard InChI is InChI=1S/C12H13ClN2OS/c1-14-7-9-3-2-4-10(13)12(9)16-8-11-15-5-6-17-11/h2-6,14H,7-8H2,1H3. The van der Waals surface area contributed by atoms with Gasteiger partial charge in [-0.25, -0.2) is 4.98 Å². The maximum Gasteiger partial charge on any atom is 0.143 e. The van der Waals surface area contributed by atoms with Crippen molar-refractivity contribution in [2.75, 3.05) is 7.05 Å². The number of hydrogen-bond donors (Lipinski definition) is 1. The fraction of sp³-hybridized carbons (Fsp3) is 0.250. The lowest BCUT2D eigenvalue weighted by atomic mass is 10.2. The Labute approximate surface area is 109 Å². The summed E-state index contributed by atoms with van der Waals surface area (Å²) < 4.78 is 5.74. The molecule has 0 atom stereocenters. The molecule has 1 N–H and O–H groups in total. The van der Waals surface area contributed by atoms with Crippen LogP contribution in [0, 0.1) is 0 Å². The van der Waals surface area contributed by atoms with Crippen molar-refractivity contribution in [3.05, 3.63) is 45.4 Å². The Bertz CT molecular complexity index is 473. The normalized spacial score (nSPS) is 10.5. The van der Waals surface area contributed by atoms with E-state index < -0.39 is 0 Å². The maximum atomic E-state index is 6.14. The van der Waals surface area contributed by atoms with Gasteiger partial charge in [-0.3, -0.25) is 0 Å². The van der Waals surface area contributed by atoms with Crippen LogP contribution in [-0.4, -0.2) is 12.0 Å². The summed E-state index contributed by atoms with van der Waals surface area (Å²) in [6.07, 6.45) is 1.77. The molecule has 0 unspecified atom stereocenters. The smallest absolute Gasteiger partial charge is 0.143 e. The number of ether oxygens (including phenoxy) is 1. The van der Waals surface area contributed by atoms with Crippen molar-refractivity contribution in [1.82, 2.24) is 10.3 Å². The van der Waals surface area contributed by atoms with Crippen molar-refractivity contribution in [1.29, 1.82) is 0 Å². The summed E-state index contributed by atoms with van der Waals surface area (Å²) >= 11 is 7.71. The molecule has 0 aliphatic carbocycles. The van der Waals surface area contributed by atoms with Crippen molar-refractivity contribution in [2.24, 2.45) is 0 Å². The molecule has 0 bridgehead atoms. The summed E-state index contributed by atoms with van der Waals surface area (Å²) in [5.41, 5.74) is 1.05. The summed E-state index contributed by atoms with van der Waals surface area (Å²) in [7, 11) is 1.89. The second kappa shape index (κ2) is 6.00. The third-order valence-corrected chi connectivity index (χ3v) is 3.29. The topological polar surface area (TPSA) is 34.1 Å². The zero-order valence-corrected chi connectivity index (χ0v) is 11.0. The molecular formula is C12H13ClN2OS. The molecule has 2 aromatic rings. The lowest BCUT2D eigenvalue weighted by Gasteiger charge is -2.11. The molecule has 0 fully saturated rings. The van der Waals surface area contributed by atoms with Crippen molar-refractivity contribution >= 4 is 22.9 Å². The number of rotatable bonds is 5. The predicted octanol–water partition coefficient (Wildman–Crippen LogP) is 3.09. The molecule has 0 saturated heterocycles. The highest BCUT2D eigenvalue weighted by Gasteiger charge is 2.08. The van der Waals surface area contributed by atoms with Gasteiger partial charge in [0.15, 0.2) is 0 Å². The third kappa shape index (κ3) is 3.19. The van der Waals surface area contributed by atoms with Crippen LogP contribution >= 0.6 is 22.9 Å². The van der Waals surface area contributed by atoms with E-state index in [9.17, 15) is 0 Å². The van der Waals surface area contributed by atoms with Gasteiger partial charge in [-0.15, -0.1) is 11.3 Å². The highest BCUT2D eigenvalue weighted by atomic mass is 35.5. The van der Waals surface area contributed by atoms with Gasteiger partial charge < -0.3 is 10.1 Å². The van der Waals surface area contributed by atoms with E-state index in [0.29, 0.717) is 11.6 Å². The predicted molar refractivity (Wildman–Crippen MR) is 70.7 cm³/mol. The summed E-state index contributed by atoms with van der Waals surface area (Å²) in [5.74, 6) is 0.735. The number of halogens is 1. The van der Waals surface area contributed by atoms with E-state index in [1.54, 1.807) is 17.5 Å². The van der Waals surface area contributed by atoms with Gasteiger partial charge in [0.2, 0.25) is 0 Å². The fourth-order valence-electron chi connectivity index (χ4n) is 1.50. The summed E-state index contributed by atoms with van der Waals surface area (Å²) in [6, 6.07) is 5.75. The minimum absolute atomic E-state index is 0.456. The molecule has 1 heterocycles. The quantitative estimate of drug-likeness (QED) is 0.905. The number of benzene rings is 1. The molecule has 1 aromatic heterocycles. The number of nitrogens with zero attached hydrogens (tertiary/aromatic N) is 1. The van der Waals surface area contributed by atoms with E-state index in [2.05, 4.69) is 10.3 Å². The zero-order valence-electron chi connectivity index (χ0n) is 9.44. The monoisotopic (exact) mass is 268 g/mol. The Morgan fingerprint density at radius 2 is 2.35 bits per heavy atom. The lowest BCUT2D eigenvalue weighted by Crippen LogP contribution is -2.07. The van der Waals surface area contributed by atoms with E-state index >= 15 is 0 Å². The van der Waals surface area contributed by atoms with E-state index in [1.807, 2.05) is 30.6 Å². The summed E-state index contributed by atoms with van der Waals surface area (Å²) in [5, 5.41) is 6.60. The van der Waals surface area contributed by atoms with Crippen LogP contribution in [0.25, 0.3) is 0 Å². The molecular weight excluding hydrogens is 256 g/mol. The second-order valence-electron chi connectivity index (χ2n) is 3.47. The molecule has 0 aliphatic rings. The minimum atomic E-state index is 0.456. The average molecular weight is 269 g/mol. The molecule has 0 aliphatic heterocycles. The van der Waals surface area contributed by atoms with Gasteiger partial charge in [0, 0.05) is 23.7 Å². The summed E-state index contributed by atoms with van der Waals surface area (Å²) in [6.45, 7) is 1.19. The number of aromatic nitrogens is 1. The third-order valence-electron chi connectivity index (χ3n) is 2.24. The second-order valence-corrected chi connectivity index (χ2v) is 4.86. The number of hydrogen-bond acceptors (Lipinski definition) is 4. The van der Waals surface area contributed by atoms with Crippen LogP contribution in [0.4, 0.5) is 0 Å². The maximum absolute atomic E-state index is 6.14. The fourth-order valence-corrected chi connectivity index (χ4v) is 2.28. The first-order chi connectivity index (χ1) is 8.31. The molecule has 5 heteroatoms. The highest BCUT2D eigenvalue weighted by Crippen LogP contribution is 2.29. The Morgan fingerprint density at radius 1 is 1.47 bits per heavy atom. The first-order valence-electron chi connectivity index (χ1n) is 5.24. The number of para-hydroxylation sites is 1. The first-order valence-corrected chi connectivity index (χ1v) is 6.50. The molecule has 0 amide bonds. The van der Waals surface area contributed by atoms with Crippen molar-refractivity contribution in [3.8, 4) is 5.75 Å². The van der Waals surface area contributed by atoms with E-state index in [0.717, 1.165) is 22.9 Å². The first kappa shape index (κ1) is 12.4. The largest absolute Gasteiger partial charge is 0.485 e. The van der Waals surface area contributed by atoms with E-state index in [1.165, 1.54) is 0 Å². The molecule has 0 saturated carbocycles. The molecule has 1 aromatic carbocycles. The number of thiazole rings is 1. The van der Waals surface area contributed by atoms with Crippen LogP contribution in [0.3, 0.4) is 0 Å². The van der Waals surface area contributed by atoms with Gasteiger partial charge >= 0.3 is 0 Å². The average Bonchev–Trinajstić information content (AvgIpc) is 2.82. The van der Waals surface area contributed by atoms with Gasteiger partial charge in [-0.2, -0.15) is 0 Å². The summed E-state index contributed by atoms with van der Waals surface area (Å²) in [4.78, 5) is 4.17. The van der Waals surface area contributed by atoms with Crippen LogP contribution in [0.15, 0.2) is 29.8 Å². The van der Waals surface area contributed by atoms with Crippen LogP contribution in [0.1, 0.15) is 10.6 Å². The SMILES string of the molecule is CNCc1cccc(Cl)c1OCc1nccs1. The van der Waals surface area contributed by atoms with Crippen LogP contribution < -0.4 is 10.1 Å². The molecule has 17 heavy (non-hydrogen) atoms. The van der Waals surface area contributed by atoms with E-state index in [4.69, 9.17) is 16.3 Å². The van der Waals surface area contributed by atoms with E-state index in [-0.39, 0.29) is 0 Å². The molecule has 90 valence electrons. The highest BCUT2D eigenvalue weighted by molar-refractivity contribution is 7.09. The van der Waals surface area contributed by atoms with Gasteiger partial charge in [0.25, 0.3) is 0 Å². The van der Waals surface area contributed by atoms with Crippen LogP contribution in [0.5, 0.6) is 5.75 Å². The number of nitrogens with one attached hydrogen (secondary N) is 1. The van der Waals surface area contributed by atoms with Gasteiger partial charge in [-0.05, 0) is 13.1 Å². The van der Waals surface area contributed by atoms with Gasteiger partial charge in [0.1, 0.15) is 17.4 Å². The molecule has 0 spiro atoms. The van der Waals surface area contributed by atoms with Gasteiger partial charge in [-0.1, -0.05) is 23.7 Å². The van der Waals surface area contributed by atoms with Crippen LogP contribution in [-0.2, 0) is 13.2 Å². The molecule has 0 radical (unpaired) electrons. The molecule has 3 nitrogen and oxygen atoms in total. The lowest BCUT2D eigenvalue weighted by molar-refractivity contribution is 0.302. The Kier molecular flexibility index (Phi) is 4.36. The van der Waals surface area contributed by atoms with Crippen molar-refractivity contribution in [3.63, 3.8) is 0 Å². The van der Waals surface area contributed by atoms with Crippen molar-refractivity contribution < 1.29 is 4.74 Å². The van der Waals surface area contributed by atoms with Crippen LogP contribution in [0.2, 0.25) is 5.02 Å². The Morgan fingerprint density at radius 3 is 3.06 bits per heavy atom. The van der Waals surface area contributed by atoms with Crippen molar-refractivity contribution in [2.45, 2.75) is 13.2 Å².